The Morgan fingerprint density at radius 2 is 1.63 bits per heavy atom. The number of hydrogen-bond acceptors (Lipinski definition) is 2. The summed E-state index contributed by atoms with van der Waals surface area (Å²) in [7, 11) is 0. The van der Waals surface area contributed by atoms with E-state index in [0.29, 0.717) is 0 Å². The van der Waals surface area contributed by atoms with E-state index < -0.39 is 0 Å². The summed E-state index contributed by atoms with van der Waals surface area (Å²) in [5, 5.41) is 0. The normalized spacial score (nSPS) is 12.3. The van der Waals surface area contributed by atoms with Crippen molar-refractivity contribution in [2.24, 2.45) is 5.73 Å². The van der Waals surface area contributed by atoms with Crippen molar-refractivity contribution in [3.05, 3.63) is 71.3 Å². The highest BCUT2D eigenvalue weighted by Crippen LogP contribution is 2.20. The molecule has 0 spiro atoms. The summed E-state index contributed by atoms with van der Waals surface area (Å²) in [6.45, 7) is 2.17. The van der Waals surface area contributed by atoms with Crippen LogP contribution in [0.15, 0.2) is 54.6 Å². The average molecular weight is 271 g/mol. The standard InChI is InChI=1S/C17H21NS/c1-2-14-8-10-16(11-9-14)17(18)13-19-12-15-6-4-3-5-7-15/h3-11,17H,2,12-13,18H2,1H3. The Morgan fingerprint density at radius 1 is 0.947 bits per heavy atom. The number of hydrogen-bond donors (Lipinski definition) is 1. The van der Waals surface area contributed by atoms with Gasteiger partial charge in [0.1, 0.15) is 0 Å². The number of nitrogens with two attached hydrogens (primary N) is 1. The van der Waals surface area contributed by atoms with E-state index in [4.69, 9.17) is 5.73 Å². The minimum Gasteiger partial charge on any atom is -0.323 e. The lowest BCUT2D eigenvalue weighted by molar-refractivity contribution is 0.830. The van der Waals surface area contributed by atoms with Crippen LogP contribution in [0.3, 0.4) is 0 Å². The summed E-state index contributed by atoms with van der Waals surface area (Å²) in [6, 6.07) is 19.3. The highest BCUT2D eigenvalue weighted by molar-refractivity contribution is 7.98. The van der Waals surface area contributed by atoms with Crippen molar-refractivity contribution in [1.29, 1.82) is 0 Å². The van der Waals surface area contributed by atoms with Gasteiger partial charge in [0, 0.05) is 17.5 Å². The monoisotopic (exact) mass is 271 g/mol. The van der Waals surface area contributed by atoms with Crippen molar-refractivity contribution < 1.29 is 0 Å². The van der Waals surface area contributed by atoms with Gasteiger partial charge in [0.25, 0.3) is 0 Å². The first-order valence-electron chi connectivity index (χ1n) is 6.75. The molecular weight excluding hydrogens is 250 g/mol. The Kier molecular flexibility index (Phi) is 5.49. The number of thioether (sulfide) groups is 1. The first-order valence-corrected chi connectivity index (χ1v) is 7.91. The molecule has 1 nitrogen and oxygen atoms in total. The number of rotatable bonds is 6. The maximum atomic E-state index is 6.23. The van der Waals surface area contributed by atoms with Crippen LogP contribution in [0.5, 0.6) is 0 Å². The van der Waals surface area contributed by atoms with E-state index in [0.717, 1.165) is 17.9 Å². The van der Waals surface area contributed by atoms with Crippen LogP contribution < -0.4 is 5.73 Å². The molecule has 0 aliphatic heterocycles. The van der Waals surface area contributed by atoms with Crippen LogP contribution in [0, 0.1) is 0 Å². The van der Waals surface area contributed by atoms with Gasteiger partial charge in [-0.1, -0.05) is 61.5 Å². The van der Waals surface area contributed by atoms with E-state index in [1.165, 1.54) is 16.7 Å². The molecule has 2 aromatic rings. The third-order valence-electron chi connectivity index (χ3n) is 3.23. The van der Waals surface area contributed by atoms with Crippen LogP contribution >= 0.6 is 11.8 Å². The van der Waals surface area contributed by atoms with Crippen LogP contribution in [0.1, 0.15) is 29.7 Å². The summed E-state index contributed by atoms with van der Waals surface area (Å²) in [5.74, 6) is 1.99. The van der Waals surface area contributed by atoms with Gasteiger partial charge in [-0.2, -0.15) is 11.8 Å². The average Bonchev–Trinajstić information content (AvgIpc) is 2.48. The molecular formula is C17H21NS. The zero-order valence-corrected chi connectivity index (χ0v) is 12.2. The molecule has 0 fully saturated rings. The third kappa shape index (κ3) is 4.41. The summed E-state index contributed by atoms with van der Waals surface area (Å²) >= 11 is 1.89. The molecule has 19 heavy (non-hydrogen) atoms. The van der Waals surface area contributed by atoms with E-state index in [9.17, 15) is 0 Å². The fourth-order valence-corrected chi connectivity index (χ4v) is 2.97. The van der Waals surface area contributed by atoms with Gasteiger partial charge in [-0.25, -0.2) is 0 Å². The molecule has 2 N–H and O–H groups in total. The molecule has 2 aromatic carbocycles. The quantitative estimate of drug-likeness (QED) is 0.853. The number of aryl methyl sites for hydroxylation is 1. The third-order valence-corrected chi connectivity index (χ3v) is 4.36. The summed E-state index contributed by atoms with van der Waals surface area (Å²) in [5.41, 5.74) is 10.2. The number of benzene rings is 2. The molecule has 0 aliphatic rings. The highest BCUT2D eigenvalue weighted by atomic mass is 32.2. The fraction of sp³-hybridized carbons (Fsp3) is 0.294. The Balaban J connectivity index is 1.82. The van der Waals surface area contributed by atoms with E-state index >= 15 is 0 Å². The Hall–Kier alpha value is -1.25. The molecule has 2 rings (SSSR count). The van der Waals surface area contributed by atoms with E-state index in [1.807, 2.05) is 11.8 Å². The lowest BCUT2D eigenvalue weighted by atomic mass is 10.1. The predicted molar refractivity (Wildman–Crippen MR) is 85.4 cm³/mol. The second-order valence-electron chi connectivity index (χ2n) is 4.70. The Bertz CT molecular complexity index is 478. The van der Waals surface area contributed by atoms with Gasteiger partial charge in [0.05, 0.1) is 0 Å². The van der Waals surface area contributed by atoms with Crippen molar-refractivity contribution in [3.63, 3.8) is 0 Å². The SMILES string of the molecule is CCc1ccc(C(N)CSCc2ccccc2)cc1. The molecule has 100 valence electrons. The van der Waals surface area contributed by atoms with Crippen LogP contribution in [-0.2, 0) is 12.2 Å². The zero-order valence-electron chi connectivity index (χ0n) is 11.4. The molecule has 1 unspecified atom stereocenters. The smallest absolute Gasteiger partial charge is 0.0386 e. The topological polar surface area (TPSA) is 26.0 Å². The van der Waals surface area contributed by atoms with Gasteiger partial charge >= 0.3 is 0 Å². The summed E-state index contributed by atoms with van der Waals surface area (Å²) in [4.78, 5) is 0. The highest BCUT2D eigenvalue weighted by Gasteiger charge is 2.06. The molecule has 0 radical (unpaired) electrons. The molecule has 0 saturated heterocycles. The first kappa shape index (κ1) is 14.2. The van der Waals surface area contributed by atoms with Crippen molar-refractivity contribution in [2.45, 2.75) is 25.1 Å². The molecule has 0 amide bonds. The predicted octanol–water partition coefficient (Wildman–Crippen LogP) is 4.18. The van der Waals surface area contributed by atoms with Crippen molar-refractivity contribution in [2.75, 3.05) is 5.75 Å². The first-order chi connectivity index (χ1) is 9.29. The lowest BCUT2D eigenvalue weighted by Gasteiger charge is -2.12. The van der Waals surface area contributed by atoms with Crippen molar-refractivity contribution in [1.82, 2.24) is 0 Å². The van der Waals surface area contributed by atoms with Gasteiger partial charge in [-0.3, -0.25) is 0 Å². The van der Waals surface area contributed by atoms with Gasteiger partial charge in [-0.15, -0.1) is 0 Å². The Morgan fingerprint density at radius 3 is 2.26 bits per heavy atom. The van der Waals surface area contributed by atoms with Crippen LogP contribution in [-0.4, -0.2) is 5.75 Å². The molecule has 0 bridgehead atoms. The van der Waals surface area contributed by atoms with Crippen LogP contribution in [0.4, 0.5) is 0 Å². The molecule has 0 saturated carbocycles. The Labute approximate surface area is 120 Å². The van der Waals surface area contributed by atoms with E-state index in [-0.39, 0.29) is 6.04 Å². The van der Waals surface area contributed by atoms with Gasteiger partial charge in [0.2, 0.25) is 0 Å². The maximum Gasteiger partial charge on any atom is 0.0386 e. The van der Waals surface area contributed by atoms with Gasteiger partial charge < -0.3 is 5.73 Å². The maximum absolute atomic E-state index is 6.23. The second kappa shape index (κ2) is 7.37. The minimum atomic E-state index is 0.125. The van der Waals surface area contributed by atoms with Gasteiger partial charge in [0.15, 0.2) is 0 Å². The van der Waals surface area contributed by atoms with Crippen LogP contribution in [0.25, 0.3) is 0 Å². The van der Waals surface area contributed by atoms with E-state index in [1.54, 1.807) is 0 Å². The fourth-order valence-electron chi connectivity index (χ4n) is 1.97. The minimum absolute atomic E-state index is 0.125. The molecule has 2 heteroatoms. The summed E-state index contributed by atoms with van der Waals surface area (Å²) in [6.07, 6.45) is 1.08. The van der Waals surface area contributed by atoms with E-state index in [2.05, 4.69) is 61.5 Å². The molecule has 0 aromatic heterocycles. The van der Waals surface area contributed by atoms with Crippen molar-refractivity contribution in [3.8, 4) is 0 Å². The van der Waals surface area contributed by atoms with Crippen LogP contribution in [0.2, 0.25) is 0 Å². The molecule has 1 atom stereocenters. The zero-order chi connectivity index (χ0) is 13.5. The van der Waals surface area contributed by atoms with Crippen molar-refractivity contribution >= 4 is 11.8 Å². The second-order valence-corrected chi connectivity index (χ2v) is 5.73. The molecule has 0 aliphatic carbocycles. The lowest BCUT2D eigenvalue weighted by Crippen LogP contribution is -2.13. The van der Waals surface area contributed by atoms with Gasteiger partial charge in [-0.05, 0) is 23.1 Å². The molecule has 0 heterocycles. The largest absolute Gasteiger partial charge is 0.323 e. The summed E-state index contributed by atoms with van der Waals surface area (Å²) < 4.78 is 0.